The van der Waals surface area contributed by atoms with Crippen molar-refractivity contribution in [1.82, 2.24) is 15.6 Å². The van der Waals surface area contributed by atoms with Gasteiger partial charge in [-0.3, -0.25) is 9.59 Å². The van der Waals surface area contributed by atoms with Gasteiger partial charge in [0.25, 0.3) is 5.91 Å². The first-order chi connectivity index (χ1) is 14.4. The van der Waals surface area contributed by atoms with Crippen LogP contribution in [0.2, 0.25) is 5.02 Å². The molecule has 0 saturated carbocycles. The maximum absolute atomic E-state index is 12.6. The topological polar surface area (TPSA) is 80.3 Å². The van der Waals surface area contributed by atoms with Crippen molar-refractivity contribution in [2.75, 3.05) is 0 Å². The van der Waals surface area contributed by atoms with Gasteiger partial charge in [-0.1, -0.05) is 41.9 Å². The van der Waals surface area contributed by atoms with E-state index in [1.54, 1.807) is 38.1 Å². The van der Waals surface area contributed by atoms with Crippen LogP contribution in [0.4, 0.5) is 0 Å². The van der Waals surface area contributed by atoms with Gasteiger partial charge in [-0.05, 0) is 43.7 Å². The minimum absolute atomic E-state index is 0.244. The van der Waals surface area contributed by atoms with Crippen LogP contribution in [0.3, 0.4) is 0 Å². The van der Waals surface area contributed by atoms with Crippen molar-refractivity contribution in [3.63, 3.8) is 0 Å². The quantitative estimate of drug-likeness (QED) is 0.548. The molecule has 6 nitrogen and oxygen atoms in total. The molecule has 1 atom stereocenters. The highest BCUT2D eigenvalue weighted by Crippen LogP contribution is 2.21. The second-order valence-electron chi connectivity index (χ2n) is 6.66. The van der Waals surface area contributed by atoms with Crippen molar-refractivity contribution in [2.45, 2.75) is 33.0 Å². The molecule has 3 aromatic rings. The second kappa shape index (κ2) is 10.2. The Morgan fingerprint density at radius 1 is 1.13 bits per heavy atom. The summed E-state index contributed by atoms with van der Waals surface area (Å²) in [6, 6.07) is 16.0. The van der Waals surface area contributed by atoms with Gasteiger partial charge >= 0.3 is 0 Å². The van der Waals surface area contributed by atoms with Crippen molar-refractivity contribution in [3.8, 4) is 5.75 Å². The highest BCUT2D eigenvalue weighted by Gasteiger charge is 2.20. The Kier molecular flexibility index (Phi) is 7.43. The molecule has 1 aromatic heterocycles. The van der Waals surface area contributed by atoms with Crippen LogP contribution >= 0.6 is 22.9 Å². The molecule has 0 aliphatic heterocycles. The van der Waals surface area contributed by atoms with E-state index in [-0.39, 0.29) is 18.4 Å². The Labute approximate surface area is 184 Å². The summed E-state index contributed by atoms with van der Waals surface area (Å²) in [7, 11) is 0. The summed E-state index contributed by atoms with van der Waals surface area (Å²) in [4.78, 5) is 29.8. The smallest absolute Gasteiger partial charge is 0.263 e. The summed E-state index contributed by atoms with van der Waals surface area (Å²) in [6.45, 7) is 4.07. The zero-order chi connectivity index (χ0) is 21.5. The van der Waals surface area contributed by atoms with Crippen LogP contribution < -0.4 is 15.4 Å². The van der Waals surface area contributed by atoms with Crippen LogP contribution in [0.25, 0.3) is 0 Å². The summed E-state index contributed by atoms with van der Waals surface area (Å²) < 4.78 is 5.68. The SMILES string of the molecule is Cc1nc(COc2ccc(Cl)cc2)sc1C(=O)NC(C)C(=O)NCc1ccccc1. The molecule has 2 aromatic carbocycles. The average molecular weight is 444 g/mol. The normalized spacial score (nSPS) is 11.6. The number of aryl methyl sites for hydroxylation is 1. The molecule has 0 saturated heterocycles. The van der Waals surface area contributed by atoms with Crippen molar-refractivity contribution < 1.29 is 14.3 Å². The van der Waals surface area contributed by atoms with Gasteiger partial charge < -0.3 is 15.4 Å². The molecule has 1 heterocycles. The lowest BCUT2D eigenvalue weighted by Crippen LogP contribution is -2.44. The van der Waals surface area contributed by atoms with Crippen LogP contribution in [0, 0.1) is 6.92 Å². The zero-order valence-electron chi connectivity index (χ0n) is 16.6. The van der Waals surface area contributed by atoms with E-state index in [1.807, 2.05) is 30.3 Å². The number of aromatic nitrogens is 1. The number of nitrogens with zero attached hydrogens (tertiary/aromatic N) is 1. The summed E-state index contributed by atoms with van der Waals surface area (Å²) in [5.74, 6) is 0.0905. The Morgan fingerprint density at radius 3 is 2.53 bits per heavy atom. The van der Waals surface area contributed by atoms with Crippen LogP contribution in [0.1, 0.15) is 32.9 Å². The van der Waals surface area contributed by atoms with Gasteiger partial charge in [-0.2, -0.15) is 0 Å². The lowest BCUT2D eigenvalue weighted by molar-refractivity contribution is -0.122. The van der Waals surface area contributed by atoms with Gasteiger partial charge in [0.15, 0.2) is 0 Å². The molecule has 1 unspecified atom stereocenters. The van der Waals surface area contributed by atoms with Crippen molar-refractivity contribution in [2.24, 2.45) is 0 Å². The Bertz CT molecular complexity index is 1010. The molecule has 0 radical (unpaired) electrons. The predicted octanol–water partition coefficient (Wildman–Crippen LogP) is 4.12. The minimum atomic E-state index is -0.670. The molecule has 0 bridgehead atoms. The van der Waals surface area contributed by atoms with Crippen molar-refractivity contribution >= 4 is 34.8 Å². The van der Waals surface area contributed by atoms with E-state index < -0.39 is 6.04 Å². The maximum Gasteiger partial charge on any atom is 0.263 e. The molecular weight excluding hydrogens is 422 g/mol. The molecule has 2 amide bonds. The van der Waals surface area contributed by atoms with Crippen LogP contribution in [0.15, 0.2) is 54.6 Å². The predicted molar refractivity (Wildman–Crippen MR) is 118 cm³/mol. The first-order valence-corrected chi connectivity index (χ1v) is 10.6. The van der Waals surface area contributed by atoms with Gasteiger partial charge in [-0.25, -0.2) is 4.98 Å². The summed E-state index contributed by atoms with van der Waals surface area (Å²) in [5, 5.41) is 6.86. The number of carbonyl (C=O) groups is 2. The summed E-state index contributed by atoms with van der Waals surface area (Å²) >= 11 is 7.11. The van der Waals surface area contributed by atoms with Crippen molar-refractivity contribution in [3.05, 3.63) is 80.8 Å². The molecule has 8 heteroatoms. The van der Waals surface area contributed by atoms with E-state index in [1.165, 1.54) is 11.3 Å². The molecule has 30 heavy (non-hydrogen) atoms. The number of amides is 2. The van der Waals surface area contributed by atoms with Crippen LogP contribution in [-0.2, 0) is 17.9 Å². The number of carbonyl (C=O) groups excluding carboxylic acids is 2. The van der Waals surface area contributed by atoms with Gasteiger partial charge in [0.2, 0.25) is 5.91 Å². The van der Waals surface area contributed by atoms with Crippen LogP contribution in [0.5, 0.6) is 5.75 Å². The first-order valence-electron chi connectivity index (χ1n) is 9.39. The van der Waals surface area contributed by atoms with Crippen LogP contribution in [-0.4, -0.2) is 22.8 Å². The van der Waals surface area contributed by atoms with E-state index in [2.05, 4.69) is 15.6 Å². The Hall–Kier alpha value is -2.90. The lowest BCUT2D eigenvalue weighted by atomic mass is 10.2. The zero-order valence-corrected chi connectivity index (χ0v) is 18.2. The maximum atomic E-state index is 12.6. The number of rotatable bonds is 8. The fourth-order valence-corrected chi connectivity index (χ4v) is 3.67. The average Bonchev–Trinajstić information content (AvgIpc) is 3.13. The molecule has 0 fully saturated rings. The highest BCUT2D eigenvalue weighted by molar-refractivity contribution is 7.13. The standard InChI is InChI=1S/C22H22ClN3O3S/c1-14-20(30-19(25-14)13-29-18-10-8-17(23)9-11-18)22(28)26-15(2)21(27)24-12-16-6-4-3-5-7-16/h3-11,15H,12-13H2,1-2H3,(H,24,27)(H,26,28). The van der Waals surface area contributed by atoms with Gasteiger partial charge in [-0.15, -0.1) is 11.3 Å². The van der Waals surface area contributed by atoms with Gasteiger partial charge in [0, 0.05) is 11.6 Å². The molecular formula is C22H22ClN3O3S. The van der Waals surface area contributed by atoms with E-state index in [4.69, 9.17) is 16.3 Å². The third kappa shape index (κ3) is 6.05. The largest absolute Gasteiger partial charge is 0.486 e. The van der Waals surface area contributed by atoms with Crippen molar-refractivity contribution in [1.29, 1.82) is 0 Å². The second-order valence-corrected chi connectivity index (χ2v) is 8.18. The number of nitrogens with one attached hydrogen (secondary N) is 2. The number of ether oxygens (including phenoxy) is 1. The molecule has 3 rings (SSSR count). The monoisotopic (exact) mass is 443 g/mol. The number of halogens is 1. The number of thiazole rings is 1. The molecule has 0 aliphatic rings. The lowest BCUT2D eigenvalue weighted by Gasteiger charge is -2.13. The van der Waals surface area contributed by atoms with E-state index >= 15 is 0 Å². The van der Waals surface area contributed by atoms with E-state index in [9.17, 15) is 9.59 Å². The number of hydrogen-bond donors (Lipinski definition) is 2. The molecule has 0 spiro atoms. The van der Waals surface area contributed by atoms with Gasteiger partial charge in [0.1, 0.15) is 28.3 Å². The summed E-state index contributed by atoms with van der Waals surface area (Å²) in [5.41, 5.74) is 1.59. The number of benzene rings is 2. The fraction of sp³-hybridized carbons (Fsp3) is 0.227. The van der Waals surface area contributed by atoms with Gasteiger partial charge in [0.05, 0.1) is 5.69 Å². The Balaban J connectivity index is 1.53. The van der Waals surface area contributed by atoms with E-state index in [0.29, 0.717) is 32.9 Å². The minimum Gasteiger partial charge on any atom is -0.486 e. The summed E-state index contributed by atoms with van der Waals surface area (Å²) in [6.07, 6.45) is 0. The molecule has 0 aliphatic carbocycles. The third-order valence-corrected chi connectivity index (χ3v) is 5.66. The third-order valence-electron chi connectivity index (χ3n) is 4.27. The first kappa shape index (κ1) is 21.8. The van der Waals surface area contributed by atoms with E-state index in [0.717, 1.165) is 5.56 Å². The molecule has 156 valence electrons. The fourth-order valence-electron chi connectivity index (χ4n) is 2.67. The molecule has 2 N–H and O–H groups in total. The number of hydrogen-bond acceptors (Lipinski definition) is 5. The highest BCUT2D eigenvalue weighted by atomic mass is 35.5. The Morgan fingerprint density at radius 2 is 1.83 bits per heavy atom.